The van der Waals surface area contributed by atoms with Gasteiger partial charge in [-0.3, -0.25) is 0 Å². The van der Waals surface area contributed by atoms with Crippen LogP contribution in [0.5, 0.6) is 11.5 Å². The number of carbonyl (C=O) groups is 2. The van der Waals surface area contributed by atoms with Crippen LogP contribution in [0.15, 0.2) is 54.9 Å². The Kier molecular flexibility index (Phi) is 11.3. The van der Waals surface area contributed by atoms with Crippen LogP contribution in [0.2, 0.25) is 0 Å². The first-order chi connectivity index (χ1) is 14.3. The number of nitrogens with zero attached hydrogens (tertiary/aromatic N) is 2. The first-order valence-electron chi connectivity index (χ1n) is 9.14. The number of carboxylic acid groups (broad SMARTS) is 2. The summed E-state index contributed by atoms with van der Waals surface area (Å²) >= 11 is 0. The van der Waals surface area contributed by atoms with Crippen LogP contribution in [-0.2, 0) is 16.3 Å². The lowest BCUT2D eigenvalue weighted by molar-refractivity contribution is -0.134. The largest absolute Gasteiger partial charge is 0.491 e. The number of rotatable bonds is 11. The maximum Gasteiger partial charge on any atom is 0.328 e. The Hall–Kier alpha value is -3.37. The van der Waals surface area contributed by atoms with Crippen molar-refractivity contribution < 1.29 is 34.4 Å². The molecule has 0 saturated carbocycles. The van der Waals surface area contributed by atoms with Crippen molar-refractivity contribution in [2.45, 2.75) is 32.7 Å². The Morgan fingerprint density at radius 2 is 1.67 bits per heavy atom. The van der Waals surface area contributed by atoms with E-state index in [1.165, 1.54) is 0 Å². The normalized spacial score (nSPS) is 11.6. The summed E-state index contributed by atoms with van der Waals surface area (Å²) in [5.74, 6) is -1.07. The number of aliphatic hydroxyl groups is 1. The van der Waals surface area contributed by atoms with E-state index in [1.54, 1.807) is 10.9 Å². The van der Waals surface area contributed by atoms with Crippen molar-refractivity contribution >= 4 is 11.9 Å². The van der Waals surface area contributed by atoms with Gasteiger partial charge in [0.2, 0.25) is 0 Å². The highest BCUT2D eigenvalue weighted by molar-refractivity contribution is 5.89. The average Bonchev–Trinajstić information content (AvgIpc) is 3.22. The van der Waals surface area contributed by atoms with E-state index in [9.17, 15) is 14.7 Å². The molecule has 2 rings (SSSR count). The van der Waals surface area contributed by atoms with Gasteiger partial charge in [-0.15, -0.1) is 0 Å². The fourth-order valence-electron chi connectivity index (χ4n) is 1.92. The Bertz CT molecular complexity index is 758. The minimum atomic E-state index is -1.26. The van der Waals surface area contributed by atoms with Gasteiger partial charge in [0, 0.05) is 37.1 Å². The van der Waals surface area contributed by atoms with E-state index in [0.29, 0.717) is 37.2 Å². The van der Waals surface area contributed by atoms with E-state index in [-0.39, 0.29) is 6.61 Å². The molecule has 0 radical (unpaired) electrons. The molecule has 1 aromatic heterocycles. The van der Waals surface area contributed by atoms with Crippen molar-refractivity contribution in [1.82, 2.24) is 15.1 Å². The predicted octanol–water partition coefficient (Wildman–Crippen LogP) is 1.37. The van der Waals surface area contributed by atoms with E-state index in [0.717, 1.165) is 5.75 Å². The molecule has 0 aliphatic carbocycles. The van der Waals surface area contributed by atoms with Crippen LogP contribution >= 0.6 is 0 Å². The summed E-state index contributed by atoms with van der Waals surface area (Å²) in [4.78, 5) is 19.1. The molecule has 0 amide bonds. The highest BCUT2D eigenvalue weighted by atomic mass is 16.5. The van der Waals surface area contributed by atoms with E-state index in [2.05, 4.69) is 10.4 Å². The minimum Gasteiger partial charge on any atom is -0.491 e. The van der Waals surface area contributed by atoms with Crippen molar-refractivity contribution in [3.05, 3.63) is 54.9 Å². The van der Waals surface area contributed by atoms with Gasteiger partial charge in [-0.25, -0.2) is 14.3 Å². The monoisotopic (exact) mass is 421 g/mol. The summed E-state index contributed by atoms with van der Waals surface area (Å²) in [7, 11) is 0. The Balaban J connectivity index is 0.000000479. The molecule has 0 aliphatic heterocycles. The molecule has 0 saturated heterocycles. The molecule has 30 heavy (non-hydrogen) atoms. The molecule has 10 nitrogen and oxygen atoms in total. The number of aromatic nitrogens is 2. The maximum absolute atomic E-state index is 9.78. The van der Waals surface area contributed by atoms with Gasteiger partial charge in [0.05, 0.1) is 0 Å². The van der Waals surface area contributed by atoms with Crippen LogP contribution in [0, 0.1) is 0 Å². The van der Waals surface area contributed by atoms with Crippen LogP contribution in [0.25, 0.3) is 0 Å². The van der Waals surface area contributed by atoms with E-state index in [1.807, 2.05) is 50.4 Å². The molecule has 4 N–H and O–H groups in total. The number of hydrogen-bond donors (Lipinski definition) is 4. The summed E-state index contributed by atoms with van der Waals surface area (Å²) in [6.07, 6.45) is 4.13. The highest BCUT2D eigenvalue weighted by Gasteiger charge is 2.06. The van der Waals surface area contributed by atoms with Crippen LogP contribution in [0.1, 0.15) is 13.8 Å². The molecule has 1 unspecified atom stereocenters. The van der Waals surface area contributed by atoms with Gasteiger partial charge < -0.3 is 30.1 Å². The van der Waals surface area contributed by atoms with Crippen molar-refractivity contribution in [2.75, 3.05) is 13.2 Å². The summed E-state index contributed by atoms with van der Waals surface area (Å²) in [6, 6.07) is 9.50. The number of carboxylic acids is 2. The lowest BCUT2D eigenvalue weighted by atomic mass is 10.3. The summed E-state index contributed by atoms with van der Waals surface area (Å²) in [5, 5.41) is 32.6. The second kappa shape index (κ2) is 13.7. The van der Waals surface area contributed by atoms with Gasteiger partial charge >= 0.3 is 11.9 Å². The van der Waals surface area contributed by atoms with Gasteiger partial charge in [-0.2, -0.15) is 5.10 Å². The number of aliphatic hydroxyl groups excluding tert-OH is 1. The van der Waals surface area contributed by atoms with Gasteiger partial charge in [0.25, 0.3) is 0 Å². The molecular weight excluding hydrogens is 394 g/mol. The molecule has 0 aliphatic rings. The fourth-order valence-corrected chi connectivity index (χ4v) is 1.92. The zero-order chi connectivity index (χ0) is 22.4. The third-order valence-electron chi connectivity index (χ3n) is 3.32. The number of aliphatic carboxylic acids is 2. The van der Waals surface area contributed by atoms with E-state index >= 15 is 0 Å². The van der Waals surface area contributed by atoms with Crippen LogP contribution in [0.4, 0.5) is 0 Å². The molecule has 10 heteroatoms. The maximum atomic E-state index is 9.78. The number of nitrogens with one attached hydrogen (secondary N) is 1. The molecule has 164 valence electrons. The van der Waals surface area contributed by atoms with Gasteiger partial charge in [0.1, 0.15) is 24.2 Å². The molecule has 0 spiro atoms. The number of benzene rings is 1. The highest BCUT2D eigenvalue weighted by Crippen LogP contribution is 2.18. The van der Waals surface area contributed by atoms with Gasteiger partial charge in [0.15, 0.2) is 6.73 Å². The molecule has 1 atom stereocenters. The Morgan fingerprint density at radius 3 is 2.13 bits per heavy atom. The number of ether oxygens (including phenoxy) is 2. The minimum absolute atomic E-state index is 0.257. The molecule has 0 bridgehead atoms. The van der Waals surface area contributed by atoms with Crippen molar-refractivity contribution in [3.8, 4) is 11.5 Å². The topological polar surface area (TPSA) is 143 Å². The van der Waals surface area contributed by atoms with Crippen LogP contribution in [-0.4, -0.2) is 62.3 Å². The summed E-state index contributed by atoms with van der Waals surface area (Å²) in [6.45, 7) is 5.22. The third-order valence-corrected chi connectivity index (χ3v) is 3.32. The first kappa shape index (κ1) is 24.7. The lowest BCUT2D eigenvalue weighted by Crippen LogP contribution is -2.35. The van der Waals surface area contributed by atoms with Gasteiger partial charge in [-0.1, -0.05) is 13.8 Å². The van der Waals surface area contributed by atoms with Crippen molar-refractivity contribution in [3.63, 3.8) is 0 Å². The molecular formula is C20H27N3O7. The quantitative estimate of drug-likeness (QED) is 0.396. The van der Waals surface area contributed by atoms with E-state index < -0.39 is 18.0 Å². The summed E-state index contributed by atoms with van der Waals surface area (Å²) in [5.41, 5.74) is 0. The molecule has 2 aromatic rings. The second-order valence-corrected chi connectivity index (χ2v) is 6.33. The molecule has 1 aromatic carbocycles. The zero-order valence-electron chi connectivity index (χ0n) is 16.8. The van der Waals surface area contributed by atoms with Crippen molar-refractivity contribution in [2.24, 2.45) is 0 Å². The third kappa shape index (κ3) is 12.2. The molecule has 0 fully saturated rings. The zero-order valence-corrected chi connectivity index (χ0v) is 16.8. The van der Waals surface area contributed by atoms with Crippen LogP contribution in [0.3, 0.4) is 0 Å². The van der Waals surface area contributed by atoms with E-state index in [4.69, 9.17) is 19.7 Å². The summed E-state index contributed by atoms with van der Waals surface area (Å²) < 4.78 is 12.8. The van der Waals surface area contributed by atoms with Crippen molar-refractivity contribution in [1.29, 1.82) is 0 Å². The standard InChI is InChI=1S/C16H23N3O3.C4H4O4/c1-13(2)17-10-14(20)11-21-15-4-6-16(7-5-15)22-12-19-9-3-8-18-19;5-3(6)1-2-4(7)8/h3-9,13-14,17,20H,10-12H2,1-2H3;1-2H,(H,5,6)(H,7,8). The average molecular weight is 421 g/mol. The predicted molar refractivity (Wildman–Crippen MR) is 108 cm³/mol. The second-order valence-electron chi connectivity index (χ2n) is 6.33. The fraction of sp³-hybridized carbons (Fsp3) is 0.350. The Morgan fingerprint density at radius 1 is 1.10 bits per heavy atom. The number of hydrogen-bond acceptors (Lipinski definition) is 7. The smallest absolute Gasteiger partial charge is 0.328 e. The molecule has 1 heterocycles. The van der Waals surface area contributed by atoms with Gasteiger partial charge in [-0.05, 0) is 30.3 Å². The first-order valence-corrected chi connectivity index (χ1v) is 9.14. The Labute approximate surface area is 174 Å². The van der Waals surface area contributed by atoms with Crippen LogP contribution < -0.4 is 14.8 Å². The SMILES string of the molecule is CC(C)NCC(O)COc1ccc(OCn2cccn2)cc1.O=C(O)C=CC(=O)O. The lowest BCUT2D eigenvalue weighted by Gasteiger charge is -2.15.